The van der Waals surface area contributed by atoms with Crippen LogP contribution >= 0.6 is 0 Å². The van der Waals surface area contributed by atoms with Crippen molar-refractivity contribution in [3.63, 3.8) is 0 Å². The summed E-state index contributed by atoms with van der Waals surface area (Å²) in [6.45, 7) is 8.15. The number of benzene rings is 1. The number of hydrogen-bond donors (Lipinski definition) is 1. The molecule has 1 aromatic carbocycles. The number of aryl methyl sites for hydroxylation is 2. The Morgan fingerprint density at radius 1 is 1.11 bits per heavy atom. The second-order valence-corrected chi connectivity index (χ2v) is 7.40. The third kappa shape index (κ3) is 5.07. The summed E-state index contributed by atoms with van der Waals surface area (Å²) in [5, 5.41) is 2.99. The minimum atomic E-state index is -0.0536. The van der Waals surface area contributed by atoms with Crippen molar-refractivity contribution in [2.75, 3.05) is 26.2 Å². The van der Waals surface area contributed by atoms with E-state index >= 15 is 0 Å². The number of hydrogen-bond acceptors (Lipinski definition) is 3. The Balaban J connectivity index is 1.39. The van der Waals surface area contributed by atoms with Crippen LogP contribution in [0.2, 0.25) is 0 Å². The Hall–Kier alpha value is -2.40. The van der Waals surface area contributed by atoms with Gasteiger partial charge in [-0.25, -0.2) is 0 Å². The Labute approximate surface area is 161 Å². The maximum atomic E-state index is 12.1. The van der Waals surface area contributed by atoms with Gasteiger partial charge < -0.3 is 14.8 Å². The molecule has 1 aromatic heterocycles. The average Bonchev–Trinajstić information content (AvgIpc) is 3.10. The summed E-state index contributed by atoms with van der Waals surface area (Å²) in [4.78, 5) is 26.4. The van der Waals surface area contributed by atoms with Crippen molar-refractivity contribution in [1.82, 2.24) is 14.8 Å². The molecule has 5 nitrogen and oxygen atoms in total. The summed E-state index contributed by atoms with van der Waals surface area (Å²) < 4.78 is 1.65. The number of amides is 1. The Bertz CT molecular complexity index is 843. The highest BCUT2D eigenvalue weighted by molar-refractivity contribution is 5.75. The average molecular weight is 367 g/mol. The van der Waals surface area contributed by atoms with Gasteiger partial charge in [-0.1, -0.05) is 30.3 Å². The van der Waals surface area contributed by atoms with Gasteiger partial charge in [-0.3, -0.25) is 9.59 Å². The van der Waals surface area contributed by atoms with Crippen LogP contribution in [0, 0.1) is 13.8 Å². The van der Waals surface area contributed by atoms with Gasteiger partial charge >= 0.3 is 0 Å². The van der Waals surface area contributed by atoms with Crippen molar-refractivity contribution >= 4 is 5.91 Å². The first-order chi connectivity index (χ1) is 13.0. The molecule has 2 heterocycles. The first kappa shape index (κ1) is 19.4. The molecule has 0 spiro atoms. The van der Waals surface area contributed by atoms with Crippen LogP contribution in [0.3, 0.4) is 0 Å². The number of carbonyl (C=O) groups excluding carboxylic acids is 1. The lowest BCUT2D eigenvalue weighted by Crippen LogP contribution is -2.34. The van der Waals surface area contributed by atoms with Crippen LogP contribution in [0.25, 0.3) is 0 Å². The van der Waals surface area contributed by atoms with Gasteiger partial charge in [0, 0.05) is 44.4 Å². The van der Waals surface area contributed by atoms with Crippen molar-refractivity contribution in [3.8, 4) is 0 Å². The van der Waals surface area contributed by atoms with Crippen LogP contribution in [0.15, 0.2) is 47.3 Å². The van der Waals surface area contributed by atoms with Crippen molar-refractivity contribution in [1.29, 1.82) is 0 Å². The van der Waals surface area contributed by atoms with Crippen LogP contribution in [-0.2, 0) is 11.3 Å². The van der Waals surface area contributed by atoms with E-state index in [1.54, 1.807) is 10.6 Å². The van der Waals surface area contributed by atoms with E-state index < -0.39 is 0 Å². The lowest BCUT2D eigenvalue weighted by atomic mass is 9.94. The topological polar surface area (TPSA) is 54.3 Å². The van der Waals surface area contributed by atoms with E-state index in [9.17, 15) is 9.59 Å². The highest BCUT2D eigenvalue weighted by Crippen LogP contribution is 2.28. The smallest absolute Gasteiger partial charge is 0.250 e. The second kappa shape index (κ2) is 9.00. The molecule has 1 fully saturated rings. The molecule has 1 N–H and O–H groups in total. The third-order valence-electron chi connectivity index (χ3n) is 5.48. The van der Waals surface area contributed by atoms with Gasteiger partial charge in [-0.2, -0.15) is 0 Å². The molecule has 2 aromatic rings. The number of carbonyl (C=O) groups is 1. The van der Waals surface area contributed by atoms with E-state index in [0.717, 1.165) is 25.3 Å². The molecule has 0 saturated carbocycles. The number of likely N-dealkylation sites (tertiary alicyclic amines) is 1. The van der Waals surface area contributed by atoms with Gasteiger partial charge in [0.15, 0.2) is 0 Å². The molecule has 1 aliphatic rings. The van der Waals surface area contributed by atoms with Gasteiger partial charge in [0.1, 0.15) is 0 Å². The molecular weight excluding hydrogens is 338 g/mol. The van der Waals surface area contributed by atoms with E-state index in [4.69, 9.17) is 0 Å². The summed E-state index contributed by atoms with van der Waals surface area (Å²) >= 11 is 0. The zero-order valence-corrected chi connectivity index (χ0v) is 16.3. The summed E-state index contributed by atoms with van der Waals surface area (Å²) in [6, 6.07) is 13.8. The molecule has 0 radical (unpaired) electrons. The summed E-state index contributed by atoms with van der Waals surface area (Å²) in [6.07, 6.45) is 1.51. The Morgan fingerprint density at radius 3 is 2.70 bits per heavy atom. The molecule has 5 heteroatoms. The zero-order chi connectivity index (χ0) is 19.2. The van der Waals surface area contributed by atoms with Crippen LogP contribution < -0.4 is 10.9 Å². The SMILES string of the molecule is Cc1ccccc1[C@H]1CCN(CCNC(=O)CCn2c(C)cccc2=O)C1. The molecule has 0 aliphatic carbocycles. The van der Waals surface area contributed by atoms with Crippen molar-refractivity contribution in [3.05, 3.63) is 69.6 Å². The molecule has 1 atom stereocenters. The predicted octanol–water partition coefficient (Wildman–Crippen LogP) is 2.46. The van der Waals surface area contributed by atoms with E-state index in [1.807, 2.05) is 13.0 Å². The van der Waals surface area contributed by atoms with E-state index in [0.29, 0.717) is 25.4 Å². The lowest BCUT2D eigenvalue weighted by Gasteiger charge is -2.17. The van der Waals surface area contributed by atoms with Gasteiger partial charge in [0.2, 0.25) is 5.91 Å². The van der Waals surface area contributed by atoms with Gasteiger partial charge in [-0.05, 0) is 49.9 Å². The summed E-state index contributed by atoms with van der Waals surface area (Å²) in [5.74, 6) is 0.592. The third-order valence-corrected chi connectivity index (χ3v) is 5.48. The number of pyridine rings is 1. The first-order valence-corrected chi connectivity index (χ1v) is 9.75. The van der Waals surface area contributed by atoms with Crippen molar-refractivity contribution < 1.29 is 4.79 Å². The predicted molar refractivity (Wildman–Crippen MR) is 108 cm³/mol. The molecule has 144 valence electrons. The first-order valence-electron chi connectivity index (χ1n) is 9.75. The standard InChI is InChI=1S/C22H29N3O2/c1-17-6-3-4-8-20(17)19-10-13-24(16-19)15-12-23-21(26)11-14-25-18(2)7-5-9-22(25)27/h3-9,19H,10-16H2,1-2H3,(H,23,26)/t19-/m0/s1. The molecule has 27 heavy (non-hydrogen) atoms. The fourth-order valence-electron chi connectivity index (χ4n) is 3.90. The molecular formula is C22H29N3O2. The van der Waals surface area contributed by atoms with Gasteiger partial charge in [0.25, 0.3) is 5.56 Å². The van der Waals surface area contributed by atoms with E-state index in [2.05, 4.69) is 41.4 Å². The summed E-state index contributed by atoms with van der Waals surface area (Å²) in [7, 11) is 0. The molecule has 3 rings (SSSR count). The fourth-order valence-corrected chi connectivity index (χ4v) is 3.90. The number of aromatic nitrogens is 1. The maximum Gasteiger partial charge on any atom is 0.250 e. The number of nitrogens with zero attached hydrogens (tertiary/aromatic N) is 2. The second-order valence-electron chi connectivity index (χ2n) is 7.40. The Kier molecular flexibility index (Phi) is 6.45. The molecule has 1 aliphatic heterocycles. The molecule has 1 amide bonds. The highest BCUT2D eigenvalue weighted by Gasteiger charge is 2.24. The number of rotatable bonds is 7. The molecule has 1 saturated heterocycles. The maximum absolute atomic E-state index is 12.1. The molecule has 0 bridgehead atoms. The van der Waals surface area contributed by atoms with Crippen molar-refractivity contribution in [2.24, 2.45) is 0 Å². The van der Waals surface area contributed by atoms with Crippen LogP contribution in [-0.4, -0.2) is 41.6 Å². The van der Waals surface area contributed by atoms with E-state index in [-0.39, 0.29) is 11.5 Å². The summed E-state index contributed by atoms with van der Waals surface area (Å²) in [5.41, 5.74) is 3.65. The minimum absolute atomic E-state index is 0.000182. The lowest BCUT2D eigenvalue weighted by molar-refractivity contribution is -0.121. The van der Waals surface area contributed by atoms with Crippen LogP contribution in [0.1, 0.15) is 35.6 Å². The van der Waals surface area contributed by atoms with Gasteiger partial charge in [-0.15, -0.1) is 0 Å². The monoisotopic (exact) mass is 367 g/mol. The van der Waals surface area contributed by atoms with Crippen LogP contribution in [0.4, 0.5) is 0 Å². The largest absolute Gasteiger partial charge is 0.355 e. The van der Waals surface area contributed by atoms with E-state index in [1.165, 1.54) is 23.6 Å². The van der Waals surface area contributed by atoms with Crippen molar-refractivity contribution in [2.45, 2.75) is 39.2 Å². The van der Waals surface area contributed by atoms with Crippen LogP contribution in [0.5, 0.6) is 0 Å². The quantitative estimate of drug-likeness (QED) is 0.818. The zero-order valence-electron chi connectivity index (χ0n) is 16.3. The minimum Gasteiger partial charge on any atom is -0.355 e. The Morgan fingerprint density at radius 2 is 1.93 bits per heavy atom. The number of nitrogens with one attached hydrogen (secondary N) is 1. The fraction of sp³-hybridized carbons (Fsp3) is 0.455. The van der Waals surface area contributed by atoms with Gasteiger partial charge in [0.05, 0.1) is 0 Å². The normalized spacial score (nSPS) is 17.2. The highest BCUT2D eigenvalue weighted by atomic mass is 16.1. The molecule has 0 unspecified atom stereocenters.